The zero-order valence-electron chi connectivity index (χ0n) is 18.1. The lowest BCUT2D eigenvalue weighted by Gasteiger charge is -2.55. The Balaban J connectivity index is 0.00000216. The molecular formula is C24H30Cl2FN3OS. The molecule has 1 aromatic carbocycles. The number of rotatable bonds is 5. The fourth-order valence-electron chi connectivity index (χ4n) is 6.95. The van der Waals surface area contributed by atoms with Gasteiger partial charge in [-0.2, -0.15) is 0 Å². The lowest BCUT2D eigenvalue weighted by atomic mass is 9.53. The first kappa shape index (κ1) is 22.8. The molecule has 174 valence electrons. The van der Waals surface area contributed by atoms with E-state index in [2.05, 4.69) is 10.2 Å². The average Bonchev–Trinajstić information content (AvgIpc) is 3.45. The summed E-state index contributed by atoms with van der Waals surface area (Å²) in [6, 6.07) is 5.01. The van der Waals surface area contributed by atoms with Gasteiger partial charge in [0, 0.05) is 29.3 Å². The van der Waals surface area contributed by atoms with Gasteiger partial charge in [-0.05, 0) is 87.3 Å². The highest BCUT2D eigenvalue weighted by Crippen LogP contribution is 2.57. The maximum Gasteiger partial charge on any atom is 0.226 e. The van der Waals surface area contributed by atoms with E-state index in [9.17, 15) is 9.18 Å². The second kappa shape index (κ2) is 8.66. The Kier molecular flexibility index (Phi) is 6.17. The molecule has 1 N–H and O–H groups in total. The summed E-state index contributed by atoms with van der Waals surface area (Å²) in [4.78, 5) is 20.6. The number of carbonyl (C=O) groups is 1. The number of anilines is 1. The van der Waals surface area contributed by atoms with Gasteiger partial charge in [0.2, 0.25) is 5.91 Å². The number of amidine groups is 1. The van der Waals surface area contributed by atoms with Gasteiger partial charge in [-0.3, -0.25) is 9.79 Å². The molecule has 1 saturated heterocycles. The molecule has 1 amide bonds. The van der Waals surface area contributed by atoms with Crippen LogP contribution in [0.2, 0.25) is 5.02 Å². The van der Waals surface area contributed by atoms with Gasteiger partial charge < -0.3 is 10.2 Å². The molecule has 5 aliphatic carbocycles. The van der Waals surface area contributed by atoms with Crippen molar-refractivity contribution in [3.05, 3.63) is 29.0 Å². The SMILES string of the molecule is Cl.O=C(CC1CS/C(=N\C23CC4CC(CC(C4)C2)C3)N1C1CC1)Nc1ccc(Cl)cc1F. The summed E-state index contributed by atoms with van der Waals surface area (Å²) in [5.41, 5.74) is 0.355. The van der Waals surface area contributed by atoms with E-state index < -0.39 is 5.82 Å². The van der Waals surface area contributed by atoms with Crippen molar-refractivity contribution in [2.45, 2.75) is 75.4 Å². The van der Waals surface area contributed by atoms with E-state index in [4.69, 9.17) is 16.6 Å². The molecule has 0 aromatic heterocycles. The first-order valence-electron chi connectivity index (χ1n) is 11.7. The Morgan fingerprint density at radius 3 is 2.44 bits per heavy atom. The van der Waals surface area contributed by atoms with Crippen LogP contribution in [0.25, 0.3) is 0 Å². The van der Waals surface area contributed by atoms with Gasteiger partial charge in [-0.1, -0.05) is 23.4 Å². The largest absolute Gasteiger partial charge is 0.344 e. The van der Waals surface area contributed by atoms with Crippen molar-refractivity contribution in [3.8, 4) is 0 Å². The van der Waals surface area contributed by atoms with Crippen LogP contribution < -0.4 is 5.32 Å². The molecule has 1 atom stereocenters. The Bertz CT molecular complexity index is 903. The maximum atomic E-state index is 14.1. The first-order chi connectivity index (χ1) is 15.0. The molecule has 6 aliphatic rings. The number of amides is 1. The quantitative estimate of drug-likeness (QED) is 0.531. The van der Waals surface area contributed by atoms with E-state index in [1.54, 1.807) is 6.07 Å². The molecule has 1 aliphatic heterocycles. The molecule has 6 fully saturated rings. The molecule has 4 bridgehead atoms. The predicted molar refractivity (Wildman–Crippen MR) is 131 cm³/mol. The van der Waals surface area contributed by atoms with Gasteiger partial charge in [0.15, 0.2) is 5.17 Å². The smallest absolute Gasteiger partial charge is 0.226 e. The average molecular weight is 498 g/mol. The van der Waals surface area contributed by atoms with E-state index in [1.165, 1.54) is 68.7 Å². The van der Waals surface area contributed by atoms with Crippen LogP contribution in [0.4, 0.5) is 10.1 Å². The molecule has 0 spiro atoms. The Morgan fingerprint density at radius 2 is 1.84 bits per heavy atom. The summed E-state index contributed by atoms with van der Waals surface area (Å²) in [6.07, 6.45) is 10.8. The minimum Gasteiger partial charge on any atom is -0.344 e. The Morgan fingerprint density at radius 1 is 1.19 bits per heavy atom. The zero-order valence-corrected chi connectivity index (χ0v) is 20.5. The van der Waals surface area contributed by atoms with Crippen LogP contribution in [-0.2, 0) is 4.79 Å². The molecule has 0 radical (unpaired) electrons. The maximum absolute atomic E-state index is 14.1. The predicted octanol–water partition coefficient (Wildman–Crippen LogP) is 6.13. The third-order valence-electron chi connectivity index (χ3n) is 7.92. The van der Waals surface area contributed by atoms with Crippen molar-refractivity contribution in [1.29, 1.82) is 0 Å². The van der Waals surface area contributed by atoms with Crippen LogP contribution in [-0.4, -0.2) is 39.4 Å². The van der Waals surface area contributed by atoms with Crippen molar-refractivity contribution < 1.29 is 9.18 Å². The summed E-state index contributed by atoms with van der Waals surface area (Å²) in [5.74, 6) is 2.89. The summed E-state index contributed by atoms with van der Waals surface area (Å²) in [6.45, 7) is 0. The Labute approximate surface area is 204 Å². The molecule has 1 heterocycles. The number of nitrogens with one attached hydrogen (secondary N) is 1. The van der Waals surface area contributed by atoms with E-state index >= 15 is 0 Å². The molecule has 32 heavy (non-hydrogen) atoms. The number of thioether (sulfide) groups is 1. The number of carbonyl (C=O) groups excluding carboxylic acids is 1. The summed E-state index contributed by atoms with van der Waals surface area (Å²) < 4.78 is 14.1. The summed E-state index contributed by atoms with van der Waals surface area (Å²) >= 11 is 7.65. The minimum absolute atomic E-state index is 0. The van der Waals surface area contributed by atoms with E-state index in [-0.39, 0.29) is 35.6 Å². The number of aliphatic imine (C=N–C) groups is 1. The van der Waals surface area contributed by atoms with Crippen molar-refractivity contribution in [2.24, 2.45) is 22.7 Å². The highest BCUT2D eigenvalue weighted by Gasteiger charge is 2.52. The minimum atomic E-state index is -0.496. The van der Waals surface area contributed by atoms with Gasteiger partial charge in [0.1, 0.15) is 5.82 Å². The van der Waals surface area contributed by atoms with Crippen LogP contribution in [0.15, 0.2) is 23.2 Å². The topological polar surface area (TPSA) is 44.7 Å². The lowest BCUT2D eigenvalue weighted by molar-refractivity contribution is -0.117. The fourth-order valence-corrected chi connectivity index (χ4v) is 8.43. The highest BCUT2D eigenvalue weighted by atomic mass is 35.5. The molecule has 1 aromatic rings. The van der Waals surface area contributed by atoms with Gasteiger partial charge in [0.25, 0.3) is 0 Å². The number of nitrogens with zero attached hydrogens (tertiary/aromatic N) is 2. The van der Waals surface area contributed by atoms with Crippen molar-refractivity contribution in [3.63, 3.8) is 0 Å². The molecular weight excluding hydrogens is 468 g/mol. The second-order valence-corrected chi connectivity index (χ2v) is 11.9. The van der Waals surface area contributed by atoms with Gasteiger partial charge in [-0.15, -0.1) is 12.4 Å². The van der Waals surface area contributed by atoms with Crippen molar-refractivity contribution >= 4 is 52.5 Å². The molecule has 1 unspecified atom stereocenters. The Hall–Kier alpha value is -0.980. The molecule has 8 heteroatoms. The first-order valence-corrected chi connectivity index (χ1v) is 13.1. The van der Waals surface area contributed by atoms with Crippen molar-refractivity contribution in [2.75, 3.05) is 11.1 Å². The monoisotopic (exact) mass is 497 g/mol. The highest BCUT2D eigenvalue weighted by molar-refractivity contribution is 8.14. The number of hydrogen-bond acceptors (Lipinski definition) is 3. The summed E-state index contributed by atoms with van der Waals surface area (Å²) in [5, 5.41) is 4.24. The second-order valence-electron chi connectivity index (χ2n) is 10.5. The van der Waals surface area contributed by atoms with E-state index in [1.807, 2.05) is 11.8 Å². The lowest BCUT2D eigenvalue weighted by Crippen LogP contribution is -2.50. The number of halogens is 3. The van der Waals surface area contributed by atoms with Crippen molar-refractivity contribution in [1.82, 2.24) is 4.90 Å². The van der Waals surface area contributed by atoms with Gasteiger partial charge >= 0.3 is 0 Å². The third-order valence-corrected chi connectivity index (χ3v) is 9.27. The number of hydrogen-bond donors (Lipinski definition) is 1. The molecule has 7 rings (SSSR count). The third kappa shape index (κ3) is 4.39. The summed E-state index contributed by atoms with van der Waals surface area (Å²) in [7, 11) is 0. The van der Waals surface area contributed by atoms with E-state index in [0.29, 0.717) is 17.5 Å². The molecule has 5 saturated carbocycles. The fraction of sp³-hybridized carbons (Fsp3) is 0.667. The molecule has 4 nitrogen and oxygen atoms in total. The van der Waals surface area contributed by atoms with Crippen LogP contribution in [0.5, 0.6) is 0 Å². The standard InChI is InChI=1S/C24H29ClFN3OS.ClH/c25-17-1-4-21(20(26)8-17)27-22(30)9-19-13-31-23(29(19)18-2-3-18)28-24-10-14-5-15(11-24)7-16(6-14)12-24;/h1,4,8,14-16,18-19H,2-3,5-7,9-13H2,(H,27,30);1H/b28-23-;. The number of benzene rings is 1. The van der Waals surface area contributed by atoms with E-state index in [0.717, 1.165) is 23.5 Å². The van der Waals surface area contributed by atoms with Gasteiger partial charge in [0.05, 0.1) is 11.2 Å². The van der Waals surface area contributed by atoms with Crippen LogP contribution in [0.1, 0.15) is 57.8 Å². The van der Waals surface area contributed by atoms with Crippen LogP contribution in [0.3, 0.4) is 0 Å². The van der Waals surface area contributed by atoms with Crippen LogP contribution in [0, 0.1) is 23.6 Å². The van der Waals surface area contributed by atoms with Crippen LogP contribution >= 0.6 is 35.8 Å². The normalized spacial score (nSPS) is 36.4. The van der Waals surface area contributed by atoms with Gasteiger partial charge in [-0.25, -0.2) is 4.39 Å². The zero-order chi connectivity index (χ0) is 21.2.